The van der Waals surface area contributed by atoms with Crippen LogP contribution in [0.2, 0.25) is 0 Å². The maximum Gasteiger partial charge on any atom is 0.434 e. The standard InChI is InChI=1S/C17H17F3N2OS/c18-17(19,20)15-14(24-10-22-15)16(23)21-9-11-5-7-12-3-1-2-4-13(12)8-6-11/h1-4,10-11H,5-9H2,(H,21,23). The lowest BCUT2D eigenvalue weighted by Crippen LogP contribution is -2.30. The number of nitrogens with one attached hydrogen (secondary N) is 1. The lowest BCUT2D eigenvalue weighted by Gasteiger charge is -2.15. The Morgan fingerprint density at radius 2 is 1.83 bits per heavy atom. The molecule has 0 radical (unpaired) electrons. The average Bonchev–Trinajstić information content (AvgIpc) is 2.96. The molecule has 0 atom stereocenters. The summed E-state index contributed by atoms with van der Waals surface area (Å²) in [5.41, 5.74) is 2.61. The molecule has 0 aliphatic heterocycles. The number of nitrogens with zero attached hydrogens (tertiary/aromatic N) is 1. The average molecular weight is 354 g/mol. The van der Waals surface area contributed by atoms with E-state index in [-0.39, 0.29) is 10.8 Å². The number of aromatic nitrogens is 1. The van der Waals surface area contributed by atoms with Crippen LogP contribution in [0.1, 0.15) is 39.3 Å². The van der Waals surface area contributed by atoms with Gasteiger partial charge in [-0.15, -0.1) is 11.3 Å². The van der Waals surface area contributed by atoms with Crippen molar-refractivity contribution in [2.24, 2.45) is 5.92 Å². The lowest BCUT2D eigenvalue weighted by molar-refractivity contribution is -0.141. The Balaban J connectivity index is 1.59. The van der Waals surface area contributed by atoms with Gasteiger partial charge in [0.15, 0.2) is 5.69 Å². The molecule has 0 fully saturated rings. The second-order valence-electron chi connectivity index (χ2n) is 5.95. The molecule has 0 spiro atoms. The molecular formula is C17H17F3N2OS. The van der Waals surface area contributed by atoms with Crippen molar-refractivity contribution in [1.29, 1.82) is 0 Å². The van der Waals surface area contributed by atoms with Crippen molar-refractivity contribution in [2.45, 2.75) is 31.9 Å². The molecule has 2 aromatic rings. The number of aryl methyl sites for hydroxylation is 2. The third-order valence-corrected chi connectivity index (χ3v) is 5.18. The van der Waals surface area contributed by atoms with Crippen molar-refractivity contribution in [3.8, 4) is 0 Å². The second-order valence-corrected chi connectivity index (χ2v) is 6.80. The fourth-order valence-electron chi connectivity index (χ4n) is 3.04. The van der Waals surface area contributed by atoms with E-state index >= 15 is 0 Å². The summed E-state index contributed by atoms with van der Waals surface area (Å²) in [6.45, 7) is 0.391. The molecule has 0 bridgehead atoms. The van der Waals surface area contributed by atoms with Crippen LogP contribution in [0, 0.1) is 5.92 Å². The Labute approximate surface area is 141 Å². The smallest absolute Gasteiger partial charge is 0.351 e. The fourth-order valence-corrected chi connectivity index (χ4v) is 3.76. The first kappa shape index (κ1) is 17.0. The van der Waals surface area contributed by atoms with Gasteiger partial charge in [-0.05, 0) is 42.7 Å². The van der Waals surface area contributed by atoms with Crippen LogP contribution >= 0.6 is 11.3 Å². The first-order chi connectivity index (χ1) is 11.4. The van der Waals surface area contributed by atoms with Gasteiger partial charge in [0.2, 0.25) is 0 Å². The minimum absolute atomic E-state index is 0.267. The normalized spacial score (nSPS) is 15.6. The Kier molecular flexibility index (Phi) is 4.89. The van der Waals surface area contributed by atoms with Crippen LogP contribution in [-0.2, 0) is 19.0 Å². The van der Waals surface area contributed by atoms with E-state index in [9.17, 15) is 18.0 Å². The molecule has 3 rings (SSSR count). The summed E-state index contributed by atoms with van der Waals surface area (Å²) in [6.07, 6.45) is -0.884. The Hall–Kier alpha value is -1.89. The molecule has 24 heavy (non-hydrogen) atoms. The van der Waals surface area contributed by atoms with E-state index in [2.05, 4.69) is 22.4 Å². The Morgan fingerprint density at radius 3 is 2.42 bits per heavy atom. The number of benzene rings is 1. The zero-order valence-electron chi connectivity index (χ0n) is 12.9. The van der Waals surface area contributed by atoms with Crippen LogP contribution in [0.5, 0.6) is 0 Å². The van der Waals surface area contributed by atoms with Gasteiger partial charge >= 0.3 is 6.18 Å². The number of carbonyl (C=O) groups is 1. The van der Waals surface area contributed by atoms with Crippen molar-refractivity contribution in [3.05, 3.63) is 51.5 Å². The van der Waals surface area contributed by atoms with Gasteiger partial charge in [-0.25, -0.2) is 4.98 Å². The molecule has 1 amide bonds. The van der Waals surface area contributed by atoms with E-state index in [4.69, 9.17) is 0 Å². The molecule has 0 saturated heterocycles. The van der Waals surface area contributed by atoms with Gasteiger partial charge in [0, 0.05) is 6.54 Å². The maximum atomic E-state index is 12.8. The minimum Gasteiger partial charge on any atom is -0.351 e. The number of halogens is 3. The number of carbonyl (C=O) groups excluding carboxylic acids is 1. The van der Waals surface area contributed by atoms with Crippen LogP contribution < -0.4 is 5.32 Å². The topological polar surface area (TPSA) is 42.0 Å². The van der Waals surface area contributed by atoms with Crippen LogP contribution in [0.25, 0.3) is 0 Å². The summed E-state index contributed by atoms with van der Waals surface area (Å²) in [4.78, 5) is 15.0. The van der Waals surface area contributed by atoms with Gasteiger partial charge in [-0.3, -0.25) is 4.79 Å². The number of amides is 1. The van der Waals surface area contributed by atoms with Crippen LogP contribution in [0.15, 0.2) is 29.8 Å². The largest absolute Gasteiger partial charge is 0.434 e. The van der Waals surface area contributed by atoms with Crippen molar-refractivity contribution in [1.82, 2.24) is 10.3 Å². The zero-order chi connectivity index (χ0) is 17.2. The second kappa shape index (κ2) is 6.93. The van der Waals surface area contributed by atoms with E-state index in [1.165, 1.54) is 11.1 Å². The van der Waals surface area contributed by atoms with Crippen molar-refractivity contribution in [2.75, 3.05) is 6.54 Å². The molecular weight excluding hydrogens is 337 g/mol. The summed E-state index contributed by atoms with van der Waals surface area (Å²) < 4.78 is 38.4. The number of hydrogen-bond donors (Lipinski definition) is 1. The first-order valence-corrected chi connectivity index (χ1v) is 8.69. The van der Waals surface area contributed by atoms with Gasteiger partial charge in [0.25, 0.3) is 5.91 Å². The summed E-state index contributed by atoms with van der Waals surface area (Å²) in [5.74, 6) is -0.421. The number of rotatable bonds is 3. The zero-order valence-corrected chi connectivity index (χ0v) is 13.7. The lowest BCUT2D eigenvalue weighted by atomic mass is 9.99. The highest BCUT2D eigenvalue weighted by Crippen LogP contribution is 2.32. The predicted molar refractivity (Wildman–Crippen MR) is 86.0 cm³/mol. The molecule has 1 aromatic carbocycles. The highest BCUT2D eigenvalue weighted by molar-refractivity contribution is 7.11. The van der Waals surface area contributed by atoms with Crippen molar-refractivity contribution in [3.63, 3.8) is 0 Å². The number of thiazole rings is 1. The van der Waals surface area contributed by atoms with Gasteiger partial charge in [0.1, 0.15) is 4.88 Å². The summed E-state index contributed by atoms with van der Waals surface area (Å²) in [6, 6.07) is 8.26. The fraction of sp³-hybridized carbons (Fsp3) is 0.412. The van der Waals surface area contributed by atoms with Gasteiger partial charge < -0.3 is 5.32 Å². The van der Waals surface area contributed by atoms with E-state index < -0.39 is 17.8 Å². The summed E-state index contributed by atoms with van der Waals surface area (Å²) in [5, 5.41) is 2.65. The van der Waals surface area contributed by atoms with Gasteiger partial charge in [-0.2, -0.15) is 13.2 Å². The van der Waals surface area contributed by atoms with Crippen LogP contribution in [-0.4, -0.2) is 17.4 Å². The number of hydrogen-bond acceptors (Lipinski definition) is 3. The molecule has 1 aliphatic rings. The molecule has 1 aliphatic carbocycles. The van der Waals surface area contributed by atoms with Gasteiger partial charge in [-0.1, -0.05) is 24.3 Å². The highest BCUT2D eigenvalue weighted by atomic mass is 32.1. The summed E-state index contributed by atoms with van der Waals surface area (Å²) in [7, 11) is 0. The number of fused-ring (bicyclic) bond motifs is 1. The molecule has 1 heterocycles. The predicted octanol–water partition coefficient (Wildman–Crippen LogP) is 4.09. The third kappa shape index (κ3) is 3.77. The monoisotopic (exact) mass is 354 g/mol. The molecule has 1 aromatic heterocycles. The quantitative estimate of drug-likeness (QED) is 0.844. The minimum atomic E-state index is -4.60. The molecule has 0 saturated carbocycles. The molecule has 7 heteroatoms. The molecule has 1 N–H and O–H groups in total. The van der Waals surface area contributed by atoms with E-state index in [1.54, 1.807) is 0 Å². The highest BCUT2D eigenvalue weighted by Gasteiger charge is 2.38. The first-order valence-electron chi connectivity index (χ1n) is 7.81. The molecule has 0 unspecified atom stereocenters. The van der Waals surface area contributed by atoms with Crippen LogP contribution in [0.4, 0.5) is 13.2 Å². The maximum absolute atomic E-state index is 12.8. The van der Waals surface area contributed by atoms with E-state index in [0.29, 0.717) is 6.54 Å². The molecule has 128 valence electrons. The van der Waals surface area contributed by atoms with E-state index in [0.717, 1.165) is 42.5 Å². The summed E-state index contributed by atoms with van der Waals surface area (Å²) >= 11 is 0.722. The van der Waals surface area contributed by atoms with Crippen molar-refractivity contribution < 1.29 is 18.0 Å². The van der Waals surface area contributed by atoms with Gasteiger partial charge in [0.05, 0.1) is 5.51 Å². The van der Waals surface area contributed by atoms with Crippen LogP contribution in [0.3, 0.4) is 0 Å². The third-order valence-electron chi connectivity index (χ3n) is 4.36. The molecule has 3 nitrogen and oxygen atoms in total. The van der Waals surface area contributed by atoms with E-state index in [1.807, 2.05) is 12.1 Å². The Morgan fingerprint density at radius 1 is 1.21 bits per heavy atom. The number of alkyl halides is 3. The SMILES string of the molecule is O=C(NCC1CCc2ccccc2CC1)c1scnc1C(F)(F)F. The van der Waals surface area contributed by atoms with Crippen molar-refractivity contribution >= 4 is 17.2 Å². The Bertz CT molecular complexity index is 700.